The number of hydrogen-bond acceptors (Lipinski definition) is 4. The molecule has 9 heteroatoms. The van der Waals surface area contributed by atoms with E-state index in [9.17, 15) is 27.6 Å². The SMILES string of the molecule is O=C(CCC(NC(=O)C(F)(F)F)C(=O)O)c1ccc(O)cc1. The van der Waals surface area contributed by atoms with Crippen molar-refractivity contribution in [1.29, 1.82) is 0 Å². The number of hydrogen-bond donors (Lipinski definition) is 3. The van der Waals surface area contributed by atoms with Crippen LogP contribution in [0.3, 0.4) is 0 Å². The van der Waals surface area contributed by atoms with E-state index in [1.165, 1.54) is 29.6 Å². The van der Waals surface area contributed by atoms with Crippen molar-refractivity contribution in [3.8, 4) is 5.75 Å². The monoisotopic (exact) mass is 319 g/mol. The van der Waals surface area contributed by atoms with Crippen molar-refractivity contribution in [2.45, 2.75) is 25.1 Å². The molecule has 1 unspecified atom stereocenters. The Labute approximate surface area is 122 Å². The van der Waals surface area contributed by atoms with Crippen molar-refractivity contribution in [1.82, 2.24) is 5.32 Å². The zero-order valence-corrected chi connectivity index (χ0v) is 11.1. The predicted molar refractivity (Wildman–Crippen MR) is 67.3 cm³/mol. The van der Waals surface area contributed by atoms with Crippen LogP contribution in [0.4, 0.5) is 13.2 Å². The highest BCUT2D eigenvalue weighted by Crippen LogP contribution is 2.16. The number of ketones is 1. The highest BCUT2D eigenvalue weighted by atomic mass is 19.4. The van der Waals surface area contributed by atoms with E-state index in [0.717, 1.165) is 0 Å². The van der Waals surface area contributed by atoms with Crippen LogP contribution >= 0.6 is 0 Å². The summed E-state index contributed by atoms with van der Waals surface area (Å²) >= 11 is 0. The first-order valence-electron chi connectivity index (χ1n) is 6.04. The number of phenols is 1. The number of aromatic hydroxyl groups is 1. The molecule has 0 radical (unpaired) electrons. The lowest BCUT2D eigenvalue weighted by molar-refractivity contribution is -0.175. The first-order chi connectivity index (χ1) is 10.1. The molecule has 120 valence electrons. The van der Waals surface area contributed by atoms with Gasteiger partial charge in [-0.2, -0.15) is 13.2 Å². The third kappa shape index (κ3) is 5.08. The molecule has 0 aliphatic carbocycles. The minimum absolute atomic E-state index is 0.0718. The van der Waals surface area contributed by atoms with Crippen LogP contribution < -0.4 is 5.32 Å². The van der Waals surface area contributed by atoms with Gasteiger partial charge in [-0.25, -0.2) is 4.79 Å². The summed E-state index contributed by atoms with van der Waals surface area (Å²) in [5.41, 5.74) is 0.170. The Bertz CT molecular complexity index is 568. The number of Topliss-reactive ketones (excluding diaryl/α,β-unsaturated/α-hetero) is 1. The van der Waals surface area contributed by atoms with E-state index in [2.05, 4.69) is 0 Å². The highest BCUT2D eigenvalue weighted by Gasteiger charge is 2.40. The Hall–Kier alpha value is -2.58. The molecular formula is C13H12F3NO5. The lowest BCUT2D eigenvalue weighted by Crippen LogP contribution is -2.47. The predicted octanol–water partition coefficient (Wildman–Crippen LogP) is 1.49. The van der Waals surface area contributed by atoms with E-state index in [1.54, 1.807) is 0 Å². The molecule has 0 aliphatic rings. The number of rotatable bonds is 6. The summed E-state index contributed by atoms with van der Waals surface area (Å²) in [6, 6.07) is 3.25. The summed E-state index contributed by atoms with van der Waals surface area (Å²) < 4.78 is 36.2. The smallest absolute Gasteiger partial charge is 0.471 e. The highest BCUT2D eigenvalue weighted by molar-refractivity contribution is 5.96. The van der Waals surface area contributed by atoms with Gasteiger partial charge in [-0.3, -0.25) is 9.59 Å². The van der Waals surface area contributed by atoms with Crippen LogP contribution in [-0.4, -0.2) is 40.1 Å². The topological polar surface area (TPSA) is 104 Å². The van der Waals surface area contributed by atoms with Crippen LogP contribution in [0.5, 0.6) is 5.75 Å². The van der Waals surface area contributed by atoms with Gasteiger partial charge in [-0.15, -0.1) is 0 Å². The maximum Gasteiger partial charge on any atom is 0.471 e. The number of carboxylic acids is 1. The molecule has 1 rings (SSSR count). The summed E-state index contributed by atoms with van der Waals surface area (Å²) in [5, 5.41) is 19.2. The quantitative estimate of drug-likeness (QED) is 0.689. The summed E-state index contributed by atoms with van der Waals surface area (Å²) in [6.07, 6.45) is -6.06. The number of alkyl halides is 3. The zero-order valence-electron chi connectivity index (χ0n) is 11.1. The summed E-state index contributed by atoms with van der Waals surface area (Å²) in [6.45, 7) is 0. The number of phenolic OH excluding ortho intramolecular Hbond substituents is 1. The van der Waals surface area contributed by atoms with Crippen molar-refractivity contribution in [3.05, 3.63) is 29.8 Å². The number of carbonyl (C=O) groups excluding carboxylic acids is 2. The van der Waals surface area contributed by atoms with E-state index in [-0.39, 0.29) is 17.7 Å². The molecule has 1 amide bonds. The second-order valence-corrected chi connectivity index (χ2v) is 4.37. The van der Waals surface area contributed by atoms with Crippen LogP contribution in [0.2, 0.25) is 0 Å². The normalized spacial score (nSPS) is 12.5. The van der Waals surface area contributed by atoms with E-state index in [1.807, 2.05) is 0 Å². The number of carboxylic acid groups (broad SMARTS) is 1. The zero-order chi connectivity index (χ0) is 16.9. The van der Waals surface area contributed by atoms with Gasteiger partial charge in [0.05, 0.1) is 0 Å². The summed E-state index contributed by atoms with van der Waals surface area (Å²) in [7, 11) is 0. The standard InChI is InChI=1S/C13H12F3NO5/c14-13(15,16)12(22)17-9(11(20)21)5-6-10(19)7-1-3-8(18)4-2-7/h1-4,9,18H,5-6H2,(H,17,22)(H,20,21). The number of benzene rings is 1. The van der Waals surface area contributed by atoms with E-state index >= 15 is 0 Å². The van der Waals surface area contributed by atoms with Crippen molar-refractivity contribution in [3.63, 3.8) is 0 Å². The van der Waals surface area contributed by atoms with Gasteiger partial charge in [-0.05, 0) is 30.7 Å². The molecule has 1 atom stereocenters. The third-order valence-electron chi connectivity index (χ3n) is 2.71. The summed E-state index contributed by atoms with van der Waals surface area (Å²) in [4.78, 5) is 33.3. The van der Waals surface area contributed by atoms with Gasteiger partial charge >= 0.3 is 18.1 Å². The largest absolute Gasteiger partial charge is 0.508 e. The van der Waals surface area contributed by atoms with E-state index < -0.39 is 36.3 Å². The molecule has 3 N–H and O–H groups in total. The van der Waals surface area contributed by atoms with Gasteiger partial charge in [0.2, 0.25) is 0 Å². The van der Waals surface area contributed by atoms with Crippen molar-refractivity contribution in [2.24, 2.45) is 0 Å². The van der Waals surface area contributed by atoms with Crippen molar-refractivity contribution in [2.75, 3.05) is 0 Å². The molecule has 0 saturated heterocycles. The minimum atomic E-state index is -5.20. The molecule has 1 aromatic carbocycles. The van der Waals surface area contributed by atoms with Gasteiger partial charge in [0.1, 0.15) is 11.8 Å². The molecule has 0 aliphatic heterocycles. The van der Waals surface area contributed by atoms with Gasteiger partial charge < -0.3 is 15.5 Å². The van der Waals surface area contributed by atoms with Crippen molar-refractivity contribution < 1.29 is 37.8 Å². The molecule has 0 bridgehead atoms. The third-order valence-corrected chi connectivity index (χ3v) is 2.71. The molecule has 0 heterocycles. The molecule has 6 nitrogen and oxygen atoms in total. The lowest BCUT2D eigenvalue weighted by Gasteiger charge is -2.15. The average molecular weight is 319 g/mol. The molecular weight excluding hydrogens is 307 g/mol. The second kappa shape index (κ2) is 6.92. The second-order valence-electron chi connectivity index (χ2n) is 4.37. The lowest BCUT2D eigenvalue weighted by atomic mass is 10.0. The fourth-order valence-corrected chi connectivity index (χ4v) is 1.56. The summed E-state index contributed by atoms with van der Waals surface area (Å²) in [5.74, 6) is -4.64. The number of amides is 1. The number of nitrogens with one attached hydrogen (secondary N) is 1. The van der Waals surface area contributed by atoms with Crippen LogP contribution in [0.1, 0.15) is 23.2 Å². The molecule has 0 aromatic heterocycles. The van der Waals surface area contributed by atoms with Crippen LogP contribution in [-0.2, 0) is 9.59 Å². The van der Waals surface area contributed by atoms with Gasteiger partial charge in [0, 0.05) is 12.0 Å². The first kappa shape index (κ1) is 17.5. The molecule has 1 aromatic rings. The fraction of sp³-hybridized carbons (Fsp3) is 0.308. The Kier molecular flexibility index (Phi) is 5.50. The van der Waals surface area contributed by atoms with Gasteiger partial charge in [0.15, 0.2) is 5.78 Å². The average Bonchev–Trinajstić information content (AvgIpc) is 2.42. The number of carbonyl (C=O) groups is 3. The van der Waals surface area contributed by atoms with Crippen LogP contribution in [0, 0.1) is 0 Å². The van der Waals surface area contributed by atoms with Crippen LogP contribution in [0.25, 0.3) is 0 Å². The van der Waals surface area contributed by atoms with E-state index in [0.29, 0.717) is 0 Å². The molecule has 0 fully saturated rings. The number of halogens is 3. The van der Waals surface area contributed by atoms with Crippen LogP contribution in [0.15, 0.2) is 24.3 Å². The number of aliphatic carboxylic acids is 1. The molecule has 22 heavy (non-hydrogen) atoms. The maximum absolute atomic E-state index is 12.1. The van der Waals surface area contributed by atoms with Crippen molar-refractivity contribution >= 4 is 17.7 Å². The maximum atomic E-state index is 12.1. The van der Waals surface area contributed by atoms with Gasteiger partial charge in [-0.1, -0.05) is 0 Å². The Morgan fingerprint density at radius 3 is 2.14 bits per heavy atom. The Morgan fingerprint density at radius 2 is 1.68 bits per heavy atom. The molecule has 0 spiro atoms. The first-order valence-corrected chi connectivity index (χ1v) is 6.04. The van der Waals surface area contributed by atoms with Gasteiger partial charge in [0.25, 0.3) is 0 Å². The molecule has 0 saturated carbocycles. The Morgan fingerprint density at radius 1 is 1.14 bits per heavy atom. The minimum Gasteiger partial charge on any atom is -0.508 e. The van der Waals surface area contributed by atoms with E-state index in [4.69, 9.17) is 10.2 Å². The Balaban J connectivity index is 2.65. The fourth-order valence-electron chi connectivity index (χ4n) is 1.56.